The van der Waals surface area contributed by atoms with Crippen LogP contribution in [0.1, 0.15) is 18.5 Å². The van der Waals surface area contributed by atoms with Gasteiger partial charge in [0.15, 0.2) is 0 Å². The summed E-state index contributed by atoms with van der Waals surface area (Å²) in [6, 6.07) is 4.37. The van der Waals surface area contributed by atoms with Crippen molar-refractivity contribution < 1.29 is 9.59 Å². The predicted molar refractivity (Wildman–Crippen MR) is 102 cm³/mol. The molecule has 0 saturated heterocycles. The summed E-state index contributed by atoms with van der Waals surface area (Å²) < 4.78 is 1.62. The molecule has 140 valence electrons. The van der Waals surface area contributed by atoms with Gasteiger partial charge >= 0.3 is 0 Å². The Bertz CT molecular complexity index is 773. The molecule has 9 heteroatoms. The number of carbonyl (C=O) groups is 2. The number of para-hydroxylation sites is 1. The zero-order valence-electron chi connectivity index (χ0n) is 14.8. The molecule has 2 amide bonds. The molecule has 1 atom stereocenters. The van der Waals surface area contributed by atoms with E-state index < -0.39 is 6.04 Å². The standard InChI is InChI=1S/C17H21Cl2N5O2/c1-4-24(17(26)15(20-2)11-8-21-23(3)9-11)10-14(25)22-16-12(18)6-5-7-13(16)19/h5-9,15,20H,4,10H2,1-3H3,(H,22,25). The van der Waals surface area contributed by atoms with Gasteiger partial charge in [-0.25, -0.2) is 0 Å². The molecule has 0 radical (unpaired) electrons. The lowest BCUT2D eigenvalue weighted by Crippen LogP contribution is -2.43. The summed E-state index contributed by atoms with van der Waals surface area (Å²) in [6.45, 7) is 2.07. The van der Waals surface area contributed by atoms with Crippen molar-refractivity contribution in [2.75, 3.05) is 25.5 Å². The van der Waals surface area contributed by atoms with E-state index in [2.05, 4.69) is 15.7 Å². The van der Waals surface area contributed by atoms with Gasteiger partial charge in [0.05, 0.1) is 28.5 Å². The van der Waals surface area contributed by atoms with E-state index in [9.17, 15) is 9.59 Å². The molecule has 0 aliphatic carbocycles. The second-order valence-electron chi connectivity index (χ2n) is 5.67. The second-order valence-corrected chi connectivity index (χ2v) is 6.48. The van der Waals surface area contributed by atoms with Crippen molar-refractivity contribution in [1.29, 1.82) is 0 Å². The molecule has 2 N–H and O–H groups in total. The third-order valence-electron chi connectivity index (χ3n) is 3.85. The summed E-state index contributed by atoms with van der Waals surface area (Å²) >= 11 is 12.1. The van der Waals surface area contributed by atoms with Gasteiger partial charge in [-0.1, -0.05) is 29.3 Å². The molecule has 0 spiro atoms. The predicted octanol–water partition coefficient (Wildman–Crippen LogP) is 2.47. The molecule has 0 saturated carbocycles. The molecule has 2 rings (SSSR count). The Kier molecular flexibility index (Phi) is 7.02. The van der Waals surface area contributed by atoms with Gasteiger partial charge in [-0.2, -0.15) is 5.10 Å². The summed E-state index contributed by atoms with van der Waals surface area (Å²) in [7, 11) is 3.46. The van der Waals surface area contributed by atoms with Gasteiger partial charge in [0.2, 0.25) is 11.8 Å². The average molecular weight is 398 g/mol. The zero-order valence-corrected chi connectivity index (χ0v) is 16.3. The number of carbonyl (C=O) groups excluding carboxylic acids is 2. The highest BCUT2D eigenvalue weighted by Gasteiger charge is 2.26. The summed E-state index contributed by atoms with van der Waals surface area (Å²) in [5, 5.41) is 10.4. The van der Waals surface area contributed by atoms with Gasteiger partial charge in [-0.3, -0.25) is 14.3 Å². The Morgan fingerprint density at radius 1 is 1.31 bits per heavy atom. The Labute approximate surface area is 162 Å². The van der Waals surface area contributed by atoms with E-state index in [1.54, 1.807) is 49.4 Å². The maximum Gasteiger partial charge on any atom is 0.244 e. The Balaban J connectivity index is 2.10. The molecule has 0 fully saturated rings. The number of halogens is 2. The number of benzene rings is 1. The minimum atomic E-state index is -0.583. The van der Waals surface area contributed by atoms with Gasteiger partial charge in [0.1, 0.15) is 6.04 Å². The first-order chi connectivity index (χ1) is 12.4. The smallest absolute Gasteiger partial charge is 0.244 e. The van der Waals surface area contributed by atoms with Crippen molar-refractivity contribution in [1.82, 2.24) is 20.0 Å². The number of nitrogens with zero attached hydrogens (tertiary/aromatic N) is 3. The lowest BCUT2D eigenvalue weighted by atomic mass is 10.1. The van der Waals surface area contributed by atoms with Crippen LogP contribution in [0.2, 0.25) is 10.0 Å². The van der Waals surface area contributed by atoms with E-state index in [1.165, 1.54) is 4.90 Å². The number of amides is 2. The highest BCUT2D eigenvalue weighted by atomic mass is 35.5. The summed E-state index contributed by atoms with van der Waals surface area (Å²) in [5.41, 5.74) is 1.06. The molecule has 1 unspecified atom stereocenters. The van der Waals surface area contributed by atoms with E-state index in [0.29, 0.717) is 22.3 Å². The Hall–Kier alpha value is -2.09. The molecule has 1 aromatic carbocycles. The van der Waals surface area contributed by atoms with Crippen LogP contribution in [0.3, 0.4) is 0 Å². The van der Waals surface area contributed by atoms with Gasteiger partial charge in [0.25, 0.3) is 0 Å². The van der Waals surface area contributed by atoms with Crippen molar-refractivity contribution in [3.8, 4) is 0 Å². The topological polar surface area (TPSA) is 79.3 Å². The minimum absolute atomic E-state index is 0.116. The van der Waals surface area contributed by atoms with Crippen LogP contribution in [-0.4, -0.2) is 46.6 Å². The lowest BCUT2D eigenvalue weighted by Gasteiger charge is -2.25. The van der Waals surface area contributed by atoms with Crippen LogP contribution in [0.4, 0.5) is 5.69 Å². The van der Waals surface area contributed by atoms with E-state index in [1.807, 2.05) is 6.92 Å². The highest BCUT2D eigenvalue weighted by Crippen LogP contribution is 2.29. The number of rotatable bonds is 7. The van der Waals surface area contributed by atoms with E-state index >= 15 is 0 Å². The molecular weight excluding hydrogens is 377 g/mol. The van der Waals surface area contributed by atoms with E-state index in [4.69, 9.17) is 23.2 Å². The van der Waals surface area contributed by atoms with Crippen LogP contribution in [0, 0.1) is 0 Å². The maximum atomic E-state index is 12.8. The van der Waals surface area contributed by atoms with Gasteiger partial charge in [-0.05, 0) is 26.1 Å². The first kappa shape index (κ1) is 20.2. The van der Waals surface area contributed by atoms with Crippen LogP contribution < -0.4 is 10.6 Å². The van der Waals surface area contributed by atoms with Crippen LogP contribution in [-0.2, 0) is 16.6 Å². The van der Waals surface area contributed by atoms with Crippen LogP contribution in [0.15, 0.2) is 30.6 Å². The number of anilines is 1. The first-order valence-electron chi connectivity index (χ1n) is 8.05. The quantitative estimate of drug-likeness (QED) is 0.751. The maximum absolute atomic E-state index is 12.8. The Morgan fingerprint density at radius 2 is 1.96 bits per heavy atom. The molecule has 0 bridgehead atoms. The molecule has 2 aromatic rings. The van der Waals surface area contributed by atoms with Crippen molar-refractivity contribution in [2.45, 2.75) is 13.0 Å². The molecule has 1 heterocycles. The van der Waals surface area contributed by atoms with E-state index in [0.717, 1.165) is 5.56 Å². The molecule has 26 heavy (non-hydrogen) atoms. The van der Waals surface area contributed by atoms with Gasteiger partial charge in [0, 0.05) is 25.4 Å². The third kappa shape index (κ3) is 4.75. The average Bonchev–Trinajstić information content (AvgIpc) is 3.02. The zero-order chi connectivity index (χ0) is 19.3. The largest absolute Gasteiger partial charge is 0.332 e. The fourth-order valence-corrected chi connectivity index (χ4v) is 3.01. The monoisotopic (exact) mass is 397 g/mol. The first-order valence-corrected chi connectivity index (χ1v) is 8.81. The summed E-state index contributed by atoms with van der Waals surface area (Å²) in [6.07, 6.45) is 3.38. The van der Waals surface area contributed by atoms with Gasteiger partial charge in [-0.15, -0.1) is 0 Å². The number of hydrogen-bond acceptors (Lipinski definition) is 4. The van der Waals surface area contributed by atoms with Crippen LogP contribution in [0.25, 0.3) is 0 Å². The van der Waals surface area contributed by atoms with Crippen LogP contribution in [0.5, 0.6) is 0 Å². The van der Waals surface area contributed by atoms with Crippen LogP contribution >= 0.6 is 23.2 Å². The highest BCUT2D eigenvalue weighted by molar-refractivity contribution is 6.39. The van der Waals surface area contributed by atoms with Crippen molar-refractivity contribution in [3.05, 3.63) is 46.2 Å². The summed E-state index contributed by atoms with van der Waals surface area (Å²) in [4.78, 5) is 26.7. The number of likely N-dealkylation sites (N-methyl/N-ethyl adjacent to an activating group) is 2. The van der Waals surface area contributed by atoms with Gasteiger partial charge < -0.3 is 15.5 Å². The fraction of sp³-hybridized carbons (Fsp3) is 0.353. The number of nitrogens with one attached hydrogen (secondary N) is 2. The molecular formula is C17H21Cl2N5O2. The summed E-state index contributed by atoms with van der Waals surface area (Å²) in [5.74, 6) is -0.598. The fourth-order valence-electron chi connectivity index (χ4n) is 2.52. The Morgan fingerprint density at radius 3 is 2.46 bits per heavy atom. The lowest BCUT2D eigenvalue weighted by molar-refractivity contribution is -0.136. The number of aromatic nitrogens is 2. The van der Waals surface area contributed by atoms with Crippen molar-refractivity contribution in [2.24, 2.45) is 7.05 Å². The molecule has 1 aromatic heterocycles. The van der Waals surface area contributed by atoms with E-state index in [-0.39, 0.29) is 18.4 Å². The SMILES string of the molecule is CCN(CC(=O)Nc1c(Cl)cccc1Cl)C(=O)C(NC)c1cnn(C)c1. The normalized spacial score (nSPS) is 11.9. The third-order valence-corrected chi connectivity index (χ3v) is 4.48. The molecule has 0 aliphatic rings. The minimum Gasteiger partial charge on any atom is -0.332 e. The van der Waals surface area contributed by atoms with Crippen molar-refractivity contribution >= 4 is 40.7 Å². The molecule has 0 aliphatic heterocycles. The second kappa shape index (κ2) is 9.02. The molecule has 7 nitrogen and oxygen atoms in total. The van der Waals surface area contributed by atoms with Crippen molar-refractivity contribution in [3.63, 3.8) is 0 Å². The number of hydrogen-bond donors (Lipinski definition) is 2. The number of aryl methyl sites for hydroxylation is 1.